The number of nitrogens with two attached hydrogens (primary N) is 1. The fourth-order valence-corrected chi connectivity index (χ4v) is 1.91. The Balaban J connectivity index is 2.25. The number of benzene rings is 1. The van der Waals surface area contributed by atoms with Gasteiger partial charge in [-0.2, -0.15) is 11.8 Å². The molecule has 2 aromatic rings. The third kappa shape index (κ3) is 3.85. The van der Waals surface area contributed by atoms with Gasteiger partial charge >= 0.3 is 0 Å². The first-order valence-corrected chi connectivity index (χ1v) is 7.69. The van der Waals surface area contributed by atoms with Crippen molar-refractivity contribution in [3.63, 3.8) is 0 Å². The number of hydrogen-bond acceptors (Lipinski definition) is 6. The van der Waals surface area contributed by atoms with Crippen LogP contribution >= 0.6 is 11.8 Å². The van der Waals surface area contributed by atoms with Crippen molar-refractivity contribution in [2.45, 2.75) is 12.2 Å². The number of rotatable bonds is 6. The number of hydrazine groups is 1. The molecule has 106 valence electrons. The number of thioether (sulfide) groups is 1. The van der Waals surface area contributed by atoms with Gasteiger partial charge in [-0.3, -0.25) is 0 Å². The van der Waals surface area contributed by atoms with Gasteiger partial charge < -0.3 is 10.7 Å². The molecule has 1 aromatic heterocycles. The van der Waals surface area contributed by atoms with Gasteiger partial charge in [0.1, 0.15) is 11.6 Å². The van der Waals surface area contributed by atoms with E-state index in [0.29, 0.717) is 16.9 Å². The topological polar surface area (TPSA) is 75.9 Å². The smallest absolute Gasteiger partial charge is 0.163 e. The molecule has 0 radical (unpaired) electrons. The average molecular weight is 289 g/mol. The predicted molar refractivity (Wildman–Crippen MR) is 86.7 cm³/mol. The van der Waals surface area contributed by atoms with Gasteiger partial charge in [-0.05, 0) is 6.26 Å². The lowest BCUT2D eigenvalue weighted by atomic mass is 10.2. The lowest BCUT2D eigenvalue weighted by molar-refractivity contribution is 0.986. The maximum absolute atomic E-state index is 5.48. The zero-order valence-corrected chi connectivity index (χ0v) is 12.4. The minimum absolute atomic E-state index is 0.513. The number of nitrogens with one attached hydrogen (secondary N) is 2. The number of nitrogen functional groups attached to an aromatic ring is 1. The summed E-state index contributed by atoms with van der Waals surface area (Å²) in [6.45, 7) is 3.01. The summed E-state index contributed by atoms with van der Waals surface area (Å²) in [7, 11) is 0. The van der Waals surface area contributed by atoms with Crippen LogP contribution in [0.5, 0.6) is 0 Å². The molecule has 0 saturated heterocycles. The van der Waals surface area contributed by atoms with Crippen LogP contribution in [-0.2, 0) is 0 Å². The van der Waals surface area contributed by atoms with Crippen molar-refractivity contribution in [1.29, 1.82) is 0 Å². The van der Waals surface area contributed by atoms with E-state index in [2.05, 4.69) is 33.9 Å². The van der Waals surface area contributed by atoms with Gasteiger partial charge in [0, 0.05) is 23.4 Å². The van der Waals surface area contributed by atoms with Gasteiger partial charge in [0.2, 0.25) is 0 Å². The van der Waals surface area contributed by atoms with Gasteiger partial charge in [0.05, 0.1) is 0 Å². The van der Waals surface area contributed by atoms with E-state index in [-0.39, 0.29) is 0 Å². The Labute approximate surface area is 123 Å². The Morgan fingerprint density at radius 1 is 1.20 bits per heavy atom. The summed E-state index contributed by atoms with van der Waals surface area (Å²) in [6.07, 6.45) is 2.09. The maximum Gasteiger partial charge on any atom is 0.163 e. The van der Waals surface area contributed by atoms with Crippen molar-refractivity contribution < 1.29 is 0 Å². The molecule has 20 heavy (non-hydrogen) atoms. The van der Waals surface area contributed by atoms with Crippen molar-refractivity contribution in [3.8, 4) is 11.4 Å². The molecule has 0 spiro atoms. The Kier molecular flexibility index (Phi) is 5.20. The maximum atomic E-state index is 5.48. The van der Waals surface area contributed by atoms with Gasteiger partial charge in [-0.25, -0.2) is 15.8 Å². The SMILES string of the molecule is CSC(C)CNc1cc(NN)nc(-c2ccccc2)n1. The van der Waals surface area contributed by atoms with Crippen molar-refractivity contribution in [2.75, 3.05) is 23.5 Å². The highest BCUT2D eigenvalue weighted by Gasteiger charge is 2.07. The molecule has 0 amide bonds. The first kappa shape index (κ1) is 14.6. The first-order chi connectivity index (χ1) is 9.72. The molecule has 2 rings (SSSR count). The second kappa shape index (κ2) is 7.12. The highest BCUT2D eigenvalue weighted by atomic mass is 32.2. The molecule has 1 heterocycles. The summed E-state index contributed by atoms with van der Waals surface area (Å²) in [5.41, 5.74) is 3.55. The van der Waals surface area contributed by atoms with Gasteiger partial charge in [-0.1, -0.05) is 37.3 Å². The predicted octanol–water partition coefficient (Wildman–Crippen LogP) is 2.59. The molecule has 0 fully saturated rings. The van der Waals surface area contributed by atoms with Crippen LogP contribution < -0.4 is 16.6 Å². The molecule has 0 aliphatic heterocycles. The fraction of sp³-hybridized carbons (Fsp3) is 0.286. The van der Waals surface area contributed by atoms with Crippen LogP contribution in [0.2, 0.25) is 0 Å². The van der Waals surface area contributed by atoms with E-state index in [4.69, 9.17) is 5.84 Å². The minimum Gasteiger partial charge on any atom is -0.369 e. The quantitative estimate of drug-likeness (QED) is 0.560. The van der Waals surface area contributed by atoms with E-state index in [0.717, 1.165) is 17.9 Å². The van der Waals surface area contributed by atoms with Gasteiger partial charge in [-0.15, -0.1) is 0 Å². The van der Waals surface area contributed by atoms with Gasteiger partial charge in [0.25, 0.3) is 0 Å². The molecule has 5 nitrogen and oxygen atoms in total. The zero-order chi connectivity index (χ0) is 14.4. The van der Waals surface area contributed by atoms with Crippen molar-refractivity contribution in [2.24, 2.45) is 5.84 Å². The number of nitrogens with zero attached hydrogens (tertiary/aromatic N) is 2. The minimum atomic E-state index is 0.513. The normalized spacial score (nSPS) is 11.9. The number of hydrogen-bond donors (Lipinski definition) is 3. The highest BCUT2D eigenvalue weighted by molar-refractivity contribution is 7.99. The van der Waals surface area contributed by atoms with E-state index in [1.807, 2.05) is 42.1 Å². The summed E-state index contributed by atoms with van der Waals surface area (Å²) in [4.78, 5) is 8.91. The second-order valence-corrected chi connectivity index (χ2v) is 5.68. The molecule has 6 heteroatoms. The monoisotopic (exact) mass is 289 g/mol. The van der Waals surface area contributed by atoms with Crippen LogP contribution in [0.3, 0.4) is 0 Å². The standard InChI is InChI=1S/C14H19N5S/c1-10(20-2)9-16-12-8-13(19-15)18-14(17-12)11-6-4-3-5-7-11/h3-8,10H,9,15H2,1-2H3,(H2,16,17,18,19). The van der Waals surface area contributed by atoms with E-state index in [1.54, 1.807) is 6.07 Å². The zero-order valence-electron chi connectivity index (χ0n) is 11.6. The van der Waals surface area contributed by atoms with E-state index in [9.17, 15) is 0 Å². The van der Waals surface area contributed by atoms with Crippen molar-refractivity contribution in [1.82, 2.24) is 9.97 Å². The number of anilines is 2. The molecule has 1 aromatic carbocycles. The Morgan fingerprint density at radius 2 is 1.90 bits per heavy atom. The van der Waals surface area contributed by atoms with Crippen LogP contribution in [0.4, 0.5) is 11.6 Å². The van der Waals surface area contributed by atoms with E-state index in [1.165, 1.54) is 0 Å². The van der Waals surface area contributed by atoms with Crippen LogP contribution in [0.15, 0.2) is 36.4 Å². The Morgan fingerprint density at radius 3 is 2.55 bits per heavy atom. The molecule has 1 atom stereocenters. The molecular formula is C14H19N5S. The summed E-state index contributed by atoms with van der Waals surface area (Å²) >= 11 is 1.81. The van der Waals surface area contributed by atoms with Crippen molar-refractivity contribution >= 4 is 23.4 Å². The van der Waals surface area contributed by atoms with Crippen LogP contribution in [0, 0.1) is 0 Å². The molecular weight excluding hydrogens is 270 g/mol. The lowest BCUT2D eigenvalue weighted by Crippen LogP contribution is -2.15. The molecule has 0 saturated carbocycles. The Hall–Kier alpha value is -1.79. The average Bonchev–Trinajstić information content (AvgIpc) is 2.53. The number of aromatic nitrogens is 2. The molecule has 4 N–H and O–H groups in total. The summed E-state index contributed by atoms with van der Waals surface area (Å²) in [5, 5.41) is 3.83. The molecule has 0 bridgehead atoms. The van der Waals surface area contributed by atoms with Crippen LogP contribution in [0.1, 0.15) is 6.92 Å². The van der Waals surface area contributed by atoms with Crippen LogP contribution in [-0.4, -0.2) is 28.0 Å². The highest BCUT2D eigenvalue weighted by Crippen LogP contribution is 2.20. The van der Waals surface area contributed by atoms with E-state index >= 15 is 0 Å². The van der Waals surface area contributed by atoms with Crippen LogP contribution in [0.25, 0.3) is 11.4 Å². The molecule has 0 aliphatic rings. The van der Waals surface area contributed by atoms with E-state index < -0.39 is 0 Å². The first-order valence-electron chi connectivity index (χ1n) is 6.40. The third-order valence-corrected chi connectivity index (χ3v) is 3.85. The largest absolute Gasteiger partial charge is 0.369 e. The summed E-state index contributed by atoms with van der Waals surface area (Å²) in [5.74, 6) is 7.50. The van der Waals surface area contributed by atoms with Crippen molar-refractivity contribution in [3.05, 3.63) is 36.4 Å². The lowest BCUT2D eigenvalue weighted by Gasteiger charge is -2.12. The molecule has 0 aliphatic carbocycles. The van der Waals surface area contributed by atoms with Gasteiger partial charge in [0.15, 0.2) is 5.82 Å². The summed E-state index contributed by atoms with van der Waals surface area (Å²) < 4.78 is 0. The summed E-state index contributed by atoms with van der Waals surface area (Å²) in [6, 6.07) is 11.6. The molecule has 1 unspecified atom stereocenters. The fourth-order valence-electron chi connectivity index (χ4n) is 1.66. The Bertz CT molecular complexity index is 547. The second-order valence-electron chi connectivity index (χ2n) is 4.40. The third-order valence-electron chi connectivity index (χ3n) is 2.88.